The van der Waals surface area contributed by atoms with Crippen molar-refractivity contribution in [1.82, 2.24) is 9.62 Å². The van der Waals surface area contributed by atoms with Crippen LogP contribution in [0.25, 0.3) is 0 Å². The number of halogens is 1. The van der Waals surface area contributed by atoms with Crippen LogP contribution in [0.3, 0.4) is 0 Å². The third-order valence-corrected chi connectivity index (χ3v) is 4.90. The van der Waals surface area contributed by atoms with E-state index in [-0.39, 0.29) is 11.7 Å². The van der Waals surface area contributed by atoms with Gasteiger partial charge in [-0.1, -0.05) is 6.92 Å². The van der Waals surface area contributed by atoms with Crippen LogP contribution in [0.2, 0.25) is 0 Å². The van der Waals surface area contributed by atoms with Gasteiger partial charge in [0.25, 0.3) is 0 Å². The summed E-state index contributed by atoms with van der Waals surface area (Å²) in [5.41, 5.74) is 0. The average molecular weight is 269 g/mol. The molecule has 0 spiro atoms. The van der Waals surface area contributed by atoms with Gasteiger partial charge in [-0.3, -0.25) is 0 Å². The maximum atomic E-state index is 11.6. The number of likely N-dealkylation sites (N-methyl/N-ethyl adjacent to an activating group) is 1. The Morgan fingerprint density at radius 3 is 2.62 bits per heavy atom. The normalized spacial score (nSPS) is 19.0. The summed E-state index contributed by atoms with van der Waals surface area (Å²) in [6.45, 7) is 3.10. The largest absolute Gasteiger partial charge is 0.302 e. The number of hydrogen-bond acceptors (Lipinski definition) is 3. The average Bonchev–Trinajstić information content (AvgIpc) is 2.99. The van der Waals surface area contributed by atoms with Crippen LogP contribution in [-0.2, 0) is 10.0 Å². The summed E-state index contributed by atoms with van der Waals surface area (Å²) in [6, 6.07) is 0.672. The van der Waals surface area contributed by atoms with Gasteiger partial charge in [-0.2, -0.15) is 0 Å². The summed E-state index contributed by atoms with van der Waals surface area (Å²) in [4.78, 5) is 2.20. The maximum absolute atomic E-state index is 11.6. The number of hydrogen-bond donors (Lipinski definition) is 1. The standard InChI is InChI=1S/C10H21ClN2O2S/c1-9(7-11)8-16(14,15)12-5-6-13(2)10-3-4-10/h9-10,12H,3-8H2,1-2H3. The second kappa shape index (κ2) is 6.19. The molecule has 0 aromatic carbocycles. The van der Waals surface area contributed by atoms with Gasteiger partial charge in [0.05, 0.1) is 5.75 Å². The highest BCUT2D eigenvalue weighted by Gasteiger charge is 2.25. The van der Waals surface area contributed by atoms with E-state index in [1.807, 2.05) is 14.0 Å². The second-order valence-electron chi connectivity index (χ2n) is 4.65. The smallest absolute Gasteiger partial charge is 0.211 e. The molecule has 1 fully saturated rings. The van der Waals surface area contributed by atoms with Crippen molar-refractivity contribution in [3.8, 4) is 0 Å². The van der Waals surface area contributed by atoms with E-state index in [0.29, 0.717) is 18.5 Å². The van der Waals surface area contributed by atoms with E-state index in [0.717, 1.165) is 6.54 Å². The van der Waals surface area contributed by atoms with Gasteiger partial charge in [0.1, 0.15) is 0 Å². The van der Waals surface area contributed by atoms with Crippen LogP contribution in [0.1, 0.15) is 19.8 Å². The van der Waals surface area contributed by atoms with Crippen molar-refractivity contribution in [1.29, 1.82) is 0 Å². The third kappa shape index (κ3) is 5.48. The minimum absolute atomic E-state index is 0.000304. The fraction of sp³-hybridized carbons (Fsp3) is 1.00. The summed E-state index contributed by atoms with van der Waals surface area (Å²) in [5, 5.41) is 0. The van der Waals surface area contributed by atoms with Crippen LogP contribution in [-0.4, -0.2) is 51.1 Å². The predicted molar refractivity (Wildman–Crippen MR) is 67.3 cm³/mol. The van der Waals surface area contributed by atoms with E-state index < -0.39 is 10.0 Å². The molecular formula is C10H21ClN2O2S. The van der Waals surface area contributed by atoms with Gasteiger partial charge in [0.2, 0.25) is 10.0 Å². The molecule has 1 aliphatic rings. The topological polar surface area (TPSA) is 49.4 Å². The Kier molecular flexibility index (Phi) is 5.50. The Morgan fingerprint density at radius 2 is 2.12 bits per heavy atom. The van der Waals surface area contributed by atoms with Crippen molar-refractivity contribution < 1.29 is 8.42 Å². The zero-order chi connectivity index (χ0) is 12.2. The first-order chi connectivity index (χ1) is 7.44. The highest BCUT2D eigenvalue weighted by molar-refractivity contribution is 7.89. The van der Waals surface area contributed by atoms with Crippen molar-refractivity contribution >= 4 is 21.6 Å². The monoisotopic (exact) mass is 268 g/mol. The highest BCUT2D eigenvalue weighted by atomic mass is 35.5. The molecule has 4 nitrogen and oxygen atoms in total. The van der Waals surface area contributed by atoms with Crippen LogP contribution >= 0.6 is 11.6 Å². The van der Waals surface area contributed by atoms with Crippen molar-refractivity contribution in [3.05, 3.63) is 0 Å². The second-order valence-corrected chi connectivity index (χ2v) is 6.81. The molecule has 1 atom stereocenters. The Labute approximate surface area is 103 Å². The summed E-state index contributed by atoms with van der Waals surface area (Å²) < 4.78 is 25.8. The van der Waals surface area contributed by atoms with Gasteiger partial charge < -0.3 is 4.90 Å². The zero-order valence-corrected chi connectivity index (χ0v) is 11.5. The molecule has 96 valence electrons. The number of nitrogens with one attached hydrogen (secondary N) is 1. The molecule has 0 bridgehead atoms. The van der Waals surface area contributed by atoms with Crippen LogP contribution in [0.4, 0.5) is 0 Å². The summed E-state index contributed by atoms with van der Waals surface area (Å²) in [5.74, 6) is 0.493. The van der Waals surface area contributed by atoms with Crippen LogP contribution in [0, 0.1) is 5.92 Å². The van der Waals surface area contributed by atoms with Crippen LogP contribution < -0.4 is 4.72 Å². The lowest BCUT2D eigenvalue weighted by molar-refractivity contribution is 0.329. The highest BCUT2D eigenvalue weighted by Crippen LogP contribution is 2.24. The fourth-order valence-corrected chi connectivity index (χ4v) is 3.18. The number of nitrogens with zero attached hydrogens (tertiary/aromatic N) is 1. The molecule has 0 aromatic heterocycles. The zero-order valence-electron chi connectivity index (χ0n) is 9.95. The Hall–Kier alpha value is 0.160. The van der Waals surface area contributed by atoms with Gasteiger partial charge in [0, 0.05) is 25.0 Å². The molecular weight excluding hydrogens is 248 g/mol. The van der Waals surface area contributed by atoms with Gasteiger partial charge in [-0.15, -0.1) is 11.6 Å². The summed E-state index contributed by atoms with van der Waals surface area (Å²) in [6.07, 6.45) is 2.49. The molecule has 0 saturated heterocycles. The quantitative estimate of drug-likeness (QED) is 0.665. The molecule has 1 unspecified atom stereocenters. The molecule has 16 heavy (non-hydrogen) atoms. The van der Waals surface area contributed by atoms with Gasteiger partial charge >= 0.3 is 0 Å². The lowest BCUT2D eigenvalue weighted by atomic mass is 10.3. The lowest BCUT2D eigenvalue weighted by Gasteiger charge is -2.16. The molecule has 0 aliphatic heterocycles. The van der Waals surface area contributed by atoms with Crippen molar-refractivity contribution in [2.75, 3.05) is 31.8 Å². The predicted octanol–water partition coefficient (Wildman–Crippen LogP) is 0.875. The summed E-state index contributed by atoms with van der Waals surface area (Å²) >= 11 is 5.59. The molecule has 1 rings (SSSR count). The Bertz CT molecular complexity index is 304. The van der Waals surface area contributed by atoms with E-state index in [4.69, 9.17) is 11.6 Å². The summed E-state index contributed by atoms with van der Waals surface area (Å²) in [7, 11) is -1.12. The number of alkyl halides is 1. The Morgan fingerprint density at radius 1 is 1.50 bits per heavy atom. The Balaban J connectivity index is 2.19. The molecule has 1 aliphatic carbocycles. The van der Waals surface area contributed by atoms with Crippen LogP contribution in [0.5, 0.6) is 0 Å². The molecule has 0 radical (unpaired) electrons. The van der Waals surface area contributed by atoms with E-state index in [1.165, 1.54) is 12.8 Å². The minimum Gasteiger partial charge on any atom is -0.302 e. The van der Waals surface area contributed by atoms with E-state index >= 15 is 0 Å². The van der Waals surface area contributed by atoms with Crippen molar-refractivity contribution in [2.24, 2.45) is 5.92 Å². The first-order valence-electron chi connectivity index (χ1n) is 5.68. The molecule has 0 heterocycles. The first-order valence-corrected chi connectivity index (χ1v) is 7.87. The first kappa shape index (κ1) is 14.2. The van der Waals surface area contributed by atoms with Crippen LogP contribution in [0.15, 0.2) is 0 Å². The number of sulfonamides is 1. The fourth-order valence-electron chi connectivity index (χ4n) is 1.55. The lowest BCUT2D eigenvalue weighted by Crippen LogP contribution is -2.36. The van der Waals surface area contributed by atoms with Crippen molar-refractivity contribution in [3.63, 3.8) is 0 Å². The van der Waals surface area contributed by atoms with Gasteiger partial charge in [-0.25, -0.2) is 13.1 Å². The maximum Gasteiger partial charge on any atom is 0.211 e. The molecule has 0 aromatic rings. The van der Waals surface area contributed by atoms with Gasteiger partial charge in [-0.05, 0) is 25.8 Å². The van der Waals surface area contributed by atoms with E-state index in [2.05, 4.69) is 9.62 Å². The third-order valence-electron chi connectivity index (χ3n) is 2.72. The molecule has 1 N–H and O–H groups in total. The van der Waals surface area contributed by atoms with E-state index in [9.17, 15) is 8.42 Å². The molecule has 1 saturated carbocycles. The van der Waals surface area contributed by atoms with E-state index in [1.54, 1.807) is 0 Å². The minimum atomic E-state index is -3.15. The number of rotatable bonds is 8. The molecule has 0 amide bonds. The SMILES string of the molecule is CC(CCl)CS(=O)(=O)NCCN(C)C1CC1. The molecule has 6 heteroatoms. The van der Waals surface area contributed by atoms with Crippen molar-refractivity contribution in [2.45, 2.75) is 25.8 Å². The van der Waals surface area contributed by atoms with Gasteiger partial charge in [0.15, 0.2) is 0 Å².